The van der Waals surface area contributed by atoms with Crippen LogP contribution in [0.4, 0.5) is 13.2 Å². The molecule has 136 valence electrons. The van der Waals surface area contributed by atoms with Gasteiger partial charge in [0.1, 0.15) is 5.69 Å². The predicted molar refractivity (Wildman–Crippen MR) is 83.3 cm³/mol. The lowest BCUT2D eigenvalue weighted by atomic mass is 9.89. The lowest BCUT2D eigenvalue weighted by Gasteiger charge is -2.32. The summed E-state index contributed by atoms with van der Waals surface area (Å²) in [5, 5.41) is 9.44. The van der Waals surface area contributed by atoms with Crippen LogP contribution in [0.5, 0.6) is 0 Å². The van der Waals surface area contributed by atoms with E-state index in [1.807, 2.05) is 0 Å². The zero-order valence-electron chi connectivity index (χ0n) is 13.6. The second kappa shape index (κ2) is 6.40. The van der Waals surface area contributed by atoms with E-state index in [2.05, 4.69) is 9.97 Å². The second-order valence-corrected chi connectivity index (χ2v) is 5.99. The van der Waals surface area contributed by atoms with Gasteiger partial charge in [0, 0.05) is 18.8 Å². The zero-order chi connectivity index (χ0) is 19.1. The van der Waals surface area contributed by atoms with E-state index in [-0.39, 0.29) is 18.8 Å². The van der Waals surface area contributed by atoms with Crippen molar-refractivity contribution in [3.8, 4) is 0 Å². The molecule has 3 rings (SSSR count). The van der Waals surface area contributed by atoms with Crippen LogP contribution in [0.15, 0.2) is 30.3 Å². The highest BCUT2D eigenvalue weighted by molar-refractivity contribution is 5.93. The minimum absolute atomic E-state index is 0.00266. The highest BCUT2D eigenvalue weighted by Crippen LogP contribution is 2.30. The summed E-state index contributed by atoms with van der Waals surface area (Å²) in [5.41, 5.74) is 0.830. The number of rotatable bonds is 2. The maximum absolute atomic E-state index is 12.9. The van der Waals surface area contributed by atoms with E-state index >= 15 is 0 Å². The number of carboxylic acids is 1. The van der Waals surface area contributed by atoms with Gasteiger partial charge in [-0.3, -0.25) is 9.59 Å². The van der Waals surface area contributed by atoms with Crippen molar-refractivity contribution in [2.75, 3.05) is 6.54 Å². The third kappa shape index (κ3) is 3.37. The average molecular weight is 365 g/mol. The Labute approximate surface area is 146 Å². The van der Waals surface area contributed by atoms with Gasteiger partial charge in [0.15, 0.2) is 0 Å². The lowest BCUT2D eigenvalue weighted by Crippen LogP contribution is -2.41. The van der Waals surface area contributed by atoms with Gasteiger partial charge in [-0.2, -0.15) is 13.2 Å². The van der Waals surface area contributed by atoms with E-state index < -0.39 is 35.5 Å². The number of hydrogen-bond donors (Lipinski definition) is 1. The largest absolute Gasteiger partial charge is 0.481 e. The van der Waals surface area contributed by atoms with Gasteiger partial charge in [-0.1, -0.05) is 24.3 Å². The van der Waals surface area contributed by atoms with Crippen LogP contribution < -0.4 is 0 Å². The summed E-state index contributed by atoms with van der Waals surface area (Å²) in [5.74, 6) is -4.21. The quantitative estimate of drug-likeness (QED) is 0.885. The molecule has 1 aliphatic heterocycles. The SMILES string of the molecule is Cc1cc(C(=O)N2Cc3ccccc3C(C(=O)O)C2)nc(C(F)(F)F)n1. The molecule has 1 unspecified atom stereocenters. The molecule has 6 nitrogen and oxygen atoms in total. The van der Waals surface area contributed by atoms with E-state index in [9.17, 15) is 27.9 Å². The van der Waals surface area contributed by atoms with Crippen LogP contribution in [-0.4, -0.2) is 38.4 Å². The van der Waals surface area contributed by atoms with E-state index in [0.29, 0.717) is 11.1 Å². The first-order valence-electron chi connectivity index (χ1n) is 7.69. The highest BCUT2D eigenvalue weighted by atomic mass is 19.4. The third-order valence-electron chi connectivity index (χ3n) is 4.11. The molecule has 0 spiro atoms. The number of benzene rings is 1. The fourth-order valence-corrected chi connectivity index (χ4v) is 2.94. The number of aliphatic carboxylic acids is 1. The standard InChI is InChI=1S/C17H14F3N3O3/c1-9-6-13(22-16(21-9)17(18,19)20)14(24)23-7-10-4-2-3-5-11(10)12(8-23)15(25)26/h2-6,12H,7-8H2,1H3,(H,25,26). The van der Waals surface area contributed by atoms with Crippen molar-refractivity contribution < 1.29 is 27.9 Å². The minimum Gasteiger partial charge on any atom is -0.481 e. The molecular weight excluding hydrogens is 351 g/mol. The maximum Gasteiger partial charge on any atom is 0.451 e. The van der Waals surface area contributed by atoms with Crippen LogP contribution in [0.25, 0.3) is 0 Å². The number of amides is 1. The molecule has 0 saturated carbocycles. The Kier molecular flexibility index (Phi) is 4.39. The Hall–Kier alpha value is -2.97. The molecule has 0 radical (unpaired) electrons. The third-order valence-corrected chi connectivity index (χ3v) is 4.11. The van der Waals surface area contributed by atoms with E-state index in [1.165, 1.54) is 11.8 Å². The molecule has 0 aliphatic carbocycles. The minimum atomic E-state index is -4.78. The maximum atomic E-state index is 12.9. The second-order valence-electron chi connectivity index (χ2n) is 5.99. The van der Waals surface area contributed by atoms with Crippen LogP contribution in [0, 0.1) is 6.92 Å². The van der Waals surface area contributed by atoms with Crippen molar-refractivity contribution in [1.82, 2.24) is 14.9 Å². The molecular formula is C17H14F3N3O3. The fourth-order valence-electron chi connectivity index (χ4n) is 2.94. The molecule has 0 bridgehead atoms. The lowest BCUT2D eigenvalue weighted by molar-refractivity contribution is -0.145. The number of carboxylic acid groups (broad SMARTS) is 1. The molecule has 1 atom stereocenters. The summed E-state index contributed by atoms with van der Waals surface area (Å²) in [6.07, 6.45) is -4.78. The van der Waals surface area contributed by atoms with E-state index in [4.69, 9.17) is 0 Å². The van der Waals surface area contributed by atoms with Crippen molar-refractivity contribution in [3.63, 3.8) is 0 Å². The number of hydrogen-bond acceptors (Lipinski definition) is 4. The molecule has 1 aliphatic rings. The fraction of sp³-hybridized carbons (Fsp3) is 0.294. The number of fused-ring (bicyclic) bond motifs is 1. The summed E-state index contributed by atoms with van der Waals surface area (Å²) >= 11 is 0. The van der Waals surface area contributed by atoms with Crippen LogP contribution in [0.2, 0.25) is 0 Å². The number of aryl methyl sites for hydroxylation is 1. The Bertz CT molecular complexity index is 883. The molecule has 26 heavy (non-hydrogen) atoms. The molecule has 9 heteroatoms. The number of nitrogens with zero attached hydrogens (tertiary/aromatic N) is 3. The van der Waals surface area contributed by atoms with Gasteiger partial charge < -0.3 is 10.0 Å². The summed E-state index contributed by atoms with van der Waals surface area (Å²) in [6.45, 7) is 1.29. The number of aromatic nitrogens is 2. The molecule has 1 N–H and O–H groups in total. The van der Waals surface area contributed by atoms with Crippen molar-refractivity contribution in [1.29, 1.82) is 0 Å². The Morgan fingerprint density at radius 2 is 1.92 bits per heavy atom. The molecule has 1 amide bonds. The molecule has 0 saturated heterocycles. The van der Waals surface area contributed by atoms with Crippen LogP contribution in [0.1, 0.15) is 39.1 Å². The van der Waals surface area contributed by atoms with E-state index in [0.717, 1.165) is 6.07 Å². The number of carbonyl (C=O) groups is 2. The van der Waals surface area contributed by atoms with Gasteiger partial charge >= 0.3 is 12.1 Å². The van der Waals surface area contributed by atoms with Crippen molar-refractivity contribution in [3.05, 3.63) is 58.7 Å². The van der Waals surface area contributed by atoms with Gasteiger partial charge in [0.25, 0.3) is 5.91 Å². The number of halogens is 3. The smallest absolute Gasteiger partial charge is 0.451 e. The first-order valence-corrected chi connectivity index (χ1v) is 7.69. The highest BCUT2D eigenvalue weighted by Gasteiger charge is 2.37. The summed E-state index contributed by atoms with van der Waals surface area (Å²) in [7, 11) is 0. The van der Waals surface area contributed by atoms with E-state index in [1.54, 1.807) is 24.3 Å². The van der Waals surface area contributed by atoms with Crippen molar-refractivity contribution in [2.24, 2.45) is 0 Å². The van der Waals surface area contributed by atoms with Crippen LogP contribution >= 0.6 is 0 Å². The van der Waals surface area contributed by atoms with Crippen molar-refractivity contribution >= 4 is 11.9 Å². The Morgan fingerprint density at radius 1 is 1.23 bits per heavy atom. The number of alkyl halides is 3. The average Bonchev–Trinajstić information content (AvgIpc) is 2.58. The van der Waals surface area contributed by atoms with Gasteiger partial charge in [-0.25, -0.2) is 9.97 Å². The van der Waals surface area contributed by atoms with Gasteiger partial charge in [0.2, 0.25) is 5.82 Å². The zero-order valence-corrected chi connectivity index (χ0v) is 13.6. The topological polar surface area (TPSA) is 83.4 Å². The van der Waals surface area contributed by atoms with Gasteiger partial charge in [0.05, 0.1) is 5.92 Å². The van der Waals surface area contributed by atoms with Crippen LogP contribution in [0.3, 0.4) is 0 Å². The number of carbonyl (C=O) groups excluding carboxylic acids is 1. The Morgan fingerprint density at radius 3 is 2.58 bits per heavy atom. The molecule has 0 fully saturated rings. The summed E-state index contributed by atoms with van der Waals surface area (Å²) < 4.78 is 38.7. The molecule has 2 heterocycles. The van der Waals surface area contributed by atoms with Crippen LogP contribution in [-0.2, 0) is 17.5 Å². The molecule has 1 aromatic carbocycles. The molecule has 2 aromatic rings. The normalized spacial score (nSPS) is 16.9. The first kappa shape index (κ1) is 17.8. The monoisotopic (exact) mass is 365 g/mol. The summed E-state index contributed by atoms with van der Waals surface area (Å²) in [6, 6.07) is 7.94. The predicted octanol–water partition coefficient (Wildman–Crippen LogP) is 2.63. The summed E-state index contributed by atoms with van der Waals surface area (Å²) in [4.78, 5) is 32.1. The van der Waals surface area contributed by atoms with Gasteiger partial charge in [-0.15, -0.1) is 0 Å². The Balaban J connectivity index is 1.97. The molecule has 1 aromatic heterocycles. The first-order chi connectivity index (χ1) is 12.2. The van der Waals surface area contributed by atoms with Crippen molar-refractivity contribution in [2.45, 2.75) is 25.6 Å². The van der Waals surface area contributed by atoms with Gasteiger partial charge in [-0.05, 0) is 24.1 Å².